The van der Waals surface area contributed by atoms with Crippen molar-refractivity contribution in [1.29, 1.82) is 0 Å². The standard InChI is InChI=1S/C75H134O6/c1-4-7-10-13-16-19-21-23-25-27-29-31-33-35-37-39-41-43-45-47-49-51-53-56-59-62-65-68-74(77)80-71-72(70-79-73(76)67-64-61-58-55-18-15-12-9-6-3)81-75(78)69-66-63-60-57-54-52-50-48-46-44-42-40-38-36-34-32-30-28-26-24-22-20-17-14-11-8-5-2/h21-24,27-30,33-36,72H,4-20,25-26,31-32,37-71H2,1-3H3/b23-21-,24-22-,29-27-,30-28-,35-33-,36-34-. The Labute approximate surface area is 503 Å². The van der Waals surface area contributed by atoms with E-state index in [2.05, 4.69) is 93.7 Å². The van der Waals surface area contributed by atoms with Crippen LogP contribution >= 0.6 is 0 Å². The van der Waals surface area contributed by atoms with Crippen LogP contribution in [-0.2, 0) is 28.6 Å². The van der Waals surface area contributed by atoms with Crippen LogP contribution in [-0.4, -0.2) is 37.2 Å². The lowest BCUT2D eigenvalue weighted by molar-refractivity contribution is -0.167. The summed E-state index contributed by atoms with van der Waals surface area (Å²) in [5.74, 6) is -0.861. The molecule has 0 aliphatic carbocycles. The quantitative estimate of drug-likeness (QED) is 0.0261. The summed E-state index contributed by atoms with van der Waals surface area (Å²) in [5.41, 5.74) is 0. The van der Waals surface area contributed by atoms with Gasteiger partial charge in [0.25, 0.3) is 0 Å². The van der Waals surface area contributed by atoms with E-state index >= 15 is 0 Å². The number of carbonyl (C=O) groups is 3. The van der Waals surface area contributed by atoms with Gasteiger partial charge in [0.1, 0.15) is 13.2 Å². The normalized spacial score (nSPS) is 12.5. The summed E-state index contributed by atoms with van der Waals surface area (Å²) in [6, 6.07) is 0. The lowest BCUT2D eigenvalue weighted by atomic mass is 10.0. The molecule has 0 bridgehead atoms. The van der Waals surface area contributed by atoms with Crippen LogP contribution in [0.2, 0.25) is 0 Å². The second-order valence-electron chi connectivity index (χ2n) is 23.8. The topological polar surface area (TPSA) is 78.9 Å². The van der Waals surface area contributed by atoms with Crippen molar-refractivity contribution in [2.24, 2.45) is 0 Å². The Hall–Kier alpha value is -3.15. The number of allylic oxidation sites excluding steroid dienone is 12. The summed E-state index contributed by atoms with van der Waals surface area (Å²) < 4.78 is 16.9. The summed E-state index contributed by atoms with van der Waals surface area (Å²) in [6.45, 7) is 6.64. The molecule has 0 saturated heterocycles. The zero-order chi connectivity index (χ0) is 58.5. The van der Waals surface area contributed by atoms with Gasteiger partial charge in [-0.05, 0) is 96.3 Å². The molecule has 81 heavy (non-hydrogen) atoms. The number of carbonyl (C=O) groups excluding carboxylic acids is 3. The molecule has 0 aliphatic heterocycles. The van der Waals surface area contributed by atoms with E-state index in [4.69, 9.17) is 14.2 Å². The molecular weight excluding hydrogens is 997 g/mol. The Morgan fingerprint density at radius 3 is 0.691 bits per heavy atom. The van der Waals surface area contributed by atoms with E-state index in [1.165, 1.54) is 244 Å². The molecule has 0 heterocycles. The van der Waals surface area contributed by atoms with Crippen molar-refractivity contribution in [2.45, 2.75) is 374 Å². The van der Waals surface area contributed by atoms with Crippen LogP contribution in [0.25, 0.3) is 0 Å². The lowest BCUT2D eigenvalue weighted by Gasteiger charge is -2.18. The molecule has 0 aliphatic rings. The molecule has 0 rings (SSSR count). The summed E-state index contributed by atoms with van der Waals surface area (Å²) >= 11 is 0. The molecule has 0 aromatic heterocycles. The number of esters is 3. The maximum atomic E-state index is 12.9. The highest BCUT2D eigenvalue weighted by molar-refractivity contribution is 5.71. The van der Waals surface area contributed by atoms with Crippen molar-refractivity contribution in [3.8, 4) is 0 Å². The first-order valence-electron chi connectivity index (χ1n) is 35.4. The van der Waals surface area contributed by atoms with E-state index in [0.29, 0.717) is 19.3 Å². The highest BCUT2D eigenvalue weighted by Crippen LogP contribution is 2.17. The van der Waals surface area contributed by atoms with Gasteiger partial charge in [-0.25, -0.2) is 0 Å². The highest BCUT2D eigenvalue weighted by atomic mass is 16.6. The Bertz CT molecular complexity index is 1490. The number of ether oxygens (including phenoxy) is 3. The molecule has 0 N–H and O–H groups in total. The monoisotopic (exact) mass is 1130 g/mol. The van der Waals surface area contributed by atoms with Gasteiger partial charge in [-0.15, -0.1) is 0 Å². The van der Waals surface area contributed by atoms with Crippen LogP contribution in [0.5, 0.6) is 0 Å². The molecule has 0 spiro atoms. The molecule has 0 amide bonds. The molecule has 1 atom stereocenters. The Morgan fingerprint density at radius 1 is 0.247 bits per heavy atom. The number of rotatable bonds is 65. The second-order valence-corrected chi connectivity index (χ2v) is 23.8. The van der Waals surface area contributed by atoms with Crippen LogP contribution in [0.1, 0.15) is 367 Å². The number of hydrogen-bond acceptors (Lipinski definition) is 6. The molecule has 0 aromatic rings. The van der Waals surface area contributed by atoms with E-state index in [-0.39, 0.29) is 31.1 Å². The minimum absolute atomic E-state index is 0.0729. The van der Waals surface area contributed by atoms with E-state index in [9.17, 15) is 14.4 Å². The van der Waals surface area contributed by atoms with Crippen LogP contribution in [0.15, 0.2) is 72.9 Å². The average molecular weight is 1130 g/mol. The van der Waals surface area contributed by atoms with Gasteiger partial charge >= 0.3 is 17.9 Å². The third-order valence-corrected chi connectivity index (χ3v) is 15.7. The van der Waals surface area contributed by atoms with Gasteiger partial charge in [0.05, 0.1) is 0 Å². The molecule has 0 saturated carbocycles. The minimum atomic E-state index is -0.776. The van der Waals surface area contributed by atoms with Crippen molar-refractivity contribution < 1.29 is 28.6 Å². The van der Waals surface area contributed by atoms with Crippen molar-refractivity contribution >= 4 is 17.9 Å². The predicted octanol–water partition coefficient (Wildman–Crippen LogP) is 24.4. The molecule has 0 radical (unpaired) electrons. The van der Waals surface area contributed by atoms with Gasteiger partial charge < -0.3 is 14.2 Å². The third-order valence-electron chi connectivity index (χ3n) is 15.7. The van der Waals surface area contributed by atoms with Crippen LogP contribution in [0.3, 0.4) is 0 Å². The smallest absolute Gasteiger partial charge is 0.306 e. The van der Waals surface area contributed by atoms with Crippen molar-refractivity contribution in [1.82, 2.24) is 0 Å². The summed E-state index contributed by atoms with van der Waals surface area (Å²) in [5, 5.41) is 0. The first-order chi connectivity index (χ1) is 40.0. The van der Waals surface area contributed by atoms with Gasteiger partial charge in [0, 0.05) is 19.3 Å². The Morgan fingerprint density at radius 2 is 0.444 bits per heavy atom. The predicted molar refractivity (Wildman–Crippen MR) is 353 cm³/mol. The molecule has 0 fully saturated rings. The lowest BCUT2D eigenvalue weighted by Crippen LogP contribution is -2.30. The summed E-state index contributed by atoms with van der Waals surface area (Å²) in [6.07, 6.45) is 90.8. The fourth-order valence-corrected chi connectivity index (χ4v) is 10.3. The van der Waals surface area contributed by atoms with E-state index in [1.807, 2.05) is 0 Å². The van der Waals surface area contributed by atoms with Gasteiger partial charge in [-0.1, -0.05) is 325 Å². The zero-order valence-electron chi connectivity index (χ0n) is 54.1. The van der Waals surface area contributed by atoms with E-state index in [1.54, 1.807) is 0 Å². The van der Waals surface area contributed by atoms with Gasteiger partial charge in [-0.3, -0.25) is 14.4 Å². The van der Waals surface area contributed by atoms with Crippen molar-refractivity contribution in [3.63, 3.8) is 0 Å². The fourth-order valence-electron chi connectivity index (χ4n) is 10.3. The molecule has 0 aromatic carbocycles. The van der Waals surface area contributed by atoms with E-state index < -0.39 is 6.10 Å². The zero-order valence-corrected chi connectivity index (χ0v) is 54.1. The Balaban J connectivity index is 4.16. The maximum Gasteiger partial charge on any atom is 0.306 e. The summed E-state index contributed by atoms with van der Waals surface area (Å²) in [7, 11) is 0. The average Bonchev–Trinajstić information content (AvgIpc) is 3.47. The SMILES string of the molecule is CCCCCCC/C=C\C/C=C\C/C=C\CCCCCCCCCCCCCCC(=O)OCC(COC(=O)CCCCCCCCCCC)OC(=O)CCCCCCCCCCCCCC/C=C\C/C=C\C/C=C\CCCCCCC. The van der Waals surface area contributed by atoms with Crippen LogP contribution in [0, 0.1) is 0 Å². The van der Waals surface area contributed by atoms with Crippen LogP contribution < -0.4 is 0 Å². The molecular formula is C75H134O6. The van der Waals surface area contributed by atoms with Crippen LogP contribution in [0.4, 0.5) is 0 Å². The van der Waals surface area contributed by atoms with Gasteiger partial charge in [0.15, 0.2) is 6.10 Å². The van der Waals surface area contributed by atoms with Crippen molar-refractivity contribution in [3.05, 3.63) is 72.9 Å². The fraction of sp³-hybridized carbons (Fsp3) is 0.800. The minimum Gasteiger partial charge on any atom is -0.462 e. The first-order valence-corrected chi connectivity index (χ1v) is 35.4. The number of unbranched alkanes of at least 4 members (excludes halogenated alkanes) is 42. The number of hydrogen-bond donors (Lipinski definition) is 0. The van der Waals surface area contributed by atoms with Gasteiger partial charge in [0.2, 0.25) is 0 Å². The highest BCUT2D eigenvalue weighted by Gasteiger charge is 2.19. The van der Waals surface area contributed by atoms with Crippen molar-refractivity contribution in [2.75, 3.05) is 13.2 Å². The molecule has 6 heteroatoms. The summed E-state index contributed by atoms with van der Waals surface area (Å²) in [4.78, 5) is 38.3. The second kappa shape index (κ2) is 69.3. The largest absolute Gasteiger partial charge is 0.462 e. The first kappa shape index (κ1) is 77.9. The van der Waals surface area contributed by atoms with Gasteiger partial charge in [-0.2, -0.15) is 0 Å². The molecule has 470 valence electrons. The third kappa shape index (κ3) is 67.5. The Kier molecular flexibility index (Phi) is 66.6. The van der Waals surface area contributed by atoms with E-state index in [0.717, 1.165) is 83.5 Å². The molecule has 1 unspecified atom stereocenters. The molecule has 6 nitrogen and oxygen atoms in total. The maximum absolute atomic E-state index is 12.9.